The Balaban J connectivity index is 2.15. The number of anilines is 1. The monoisotopic (exact) mass is 337 g/mol. The summed E-state index contributed by atoms with van der Waals surface area (Å²) in [6.07, 6.45) is 0. The van der Waals surface area contributed by atoms with E-state index in [9.17, 15) is 14.9 Å². The van der Waals surface area contributed by atoms with Gasteiger partial charge in [0.2, 0.25) is 17.7 Å². The van der Waals surface area contributed by atoms with Crippen molar-refractivity contribution < 1.29 is 19.1 Å². The molecule has 0 saturated heterocycles. The fourth-order valence-electron chi connectivity index (χ4n) is 3.35. The number of H-pyrrole nitrogens is 1. The van der Waals surface area contributed by atoms with E-state index in [4.69, 9.17) is 15.2 Å². The molecule has 0 bridgehead atoms. The topological polar surface area (TPSA) is 143 Å². The average Bonchev–Trinajstić information content (AvgIpc) is 3.15. The number of aromatic nitrogens is 2. The Bertz CT molecular complexity index is 1020. The molecule has 0 radical (unpaired) electrons. The van der Waals surface area contributed by atoms with E-state index < -0.39 is 17.3 Å². The van der Waals surface area contributed by atoms with Gasteiger partial charge in [-0.2, -0.15) is 5.26 Å². The Morgan fingerprint density at radius 3 is 2.92 bits per heavy atom. The van der Waals surface area contributed by atoms with Gasteiger partial charge in [0, 0.05) is 11.3 Å². The summed E-state index contributed by atoms with van der Waals surface area (Å²) in [7, 11) is 1.20. The number of para-hydroxylation sites is 1. The van der Waals surface area contributed by atoms with E-state index in [1.54, 1.807) is 24.3 Å². The highest BCUT2D eigenvalue weighted by atomic mass is 16.5. The van der Waals surface area contributed by atoms with Crippen molar-refractivity contribution in [3.05, 3.63) is 52.5 Å². The van der Waals surface area contributed by atoms with Gasteiger partial charge in [0.05, 0.1) is 12.7 Å². The molecule has 1 amide bonds. The first kappa shape index (κ1) is 14.8. The van der Waals surface area contributed by atoms with Gasteiger partial charge in [-0.3, -0.25) is 9.89 Å². The Hall–Kier alpha value is -3.80. The van der Waals surface area contributed by atoms with E-state index >= 15 is 0 Å². The molecule has 9 heteroatoms. The lowest BCUT2D eigenvalue weighted by molar-refractivity contribution is -0.118. The smallest absolute Gasteiger partial charge is 0.356 e. The molecule has 4 rings (SSSR count). The average molecular weight is 337 g/mol. The molecule has 9 nitrogen and oxygen atoms in total. The zero-order chi connectivity index (χ0) is 17.8. The molecule has 1 unspecified atom stereocenters. The van der Waals surface area contributed by atoms with Crippen molar-refractivity contribution in [3.63, 3.8) is 0 Å². The second kappa shape index (κ2) is 4.85. The van der Waals surface area contributed by atoms with E-state index in [2.05, 4.69) is 15.5 Å². The third kappa shape index (κ3) is 1.62. The SMILES string of the molecule is COC(=O)c1[nH]nc2c1C1(C(=O)Nc3ccccc31)C(C#N)=C(N)O2. The number of carbonyl (C=O) groups is 2. The quantitative estimate of drug-likeness (QED) is 0.644. The number of methoxy groups -OCH3 is 1. The number of ether oxygens (including phenoxy) is 2. The van der Waals surface area contributed by atoms with Crippen LogP contribution >= 0.6 is 0 Å². The zero-order valence-corrected chi connectivity index (χ0v) is 12.9. The van der Waals surface area contributed by atoms with Crippen molar-refractivity contribution in [1.82, 2.24) is 10.2 Å². The molecule has 3 heterocycles. The third-order valence-corrected chi connectivity index (χ3v) is 4.36. The second-order valence-electron chi connectivity index (χ2n) is 5.47. The molecule has 0 aliphatic carbocycles. The van der Waals surface area contributed by atoms with E-state index in [1.165, 1.54) is 7.11 Å². The summed E-state index contributed by atoms with van der Waals surface area (Å²) in [5.41, 5.74) is 5.14. The van der Waals surface area contributed by atoms with Crippen LogP contribution in [0.3, 0.4) is 0 Å². The predicted octanol–water partition coefficient (Wildman–Crippen LogP) is 0.521. The Morgan fingerprint density at radius 2 is 2.20 bits per heavy atom. The number of benzene rings is 1. The van der Waals surface area contributed by atoms with Crippen LogP contribution < -0.4 is 15.8 Å². The van der Waals surface area contributed by atoms with Gasteiger partial charge in [-0.1, -0.05) is 18.2 Å². The van der Waals surface area contributed by atoms with Gasteiger partial charge >= 0.3 is 5.97 Å². The van der Waals surface area contributed by atoms with Crippen LogP contribution in [-0.2, 0) is 14.9 Å². The molecule has 1 aromatic heterocycles. The molecular weight excluding hydrogens is 326 g/mol. The van der Waals surface area contributed by atoms with Crippen LogP contribution in [0.1, 0.15) is 21.6 Å². The minimum Gasteiger partial charge on any atom is -0.464 e. The molecule has 1 atom stereocenters. The Kier molecular flexibility index (Phi) is 2.86. The van der Waals surface area contributed by atoms with Gasteiger partial charge in [0.1, 0.15) is 17.1 Å². The minimum atomic E-state index is -1.64. The van der Waals surface area contributed by atoms with Gasteiger partial charge in [-0.15, -0.1) is 5.10 Å². The van der Waals surface area contributed by atoms with Crippen molar-refractivity contribution in [2.75, 3.05) is 12.4 Å². The lowest BCUT2D eigenvalue weighted by Gasteiger charge is -2.31. The maximum atomic E-state index is 13.0. The standard InChI is InChI=1S/C16H11N5O4/c1-24-14(22)11-10-13(21-20-11)25-12(18)8(6-17)16(10)7-4-2-3-5-9(7)19-15(16)23/h2-5H,18H2,1H3,(H,19,23)(H,20,21). The largest absolute Gasteiger partial charge is 0.464 e. The summed E-state index contributed by atoms with van der Waals surface area (Å²) in [6, 6.07) is 8.79. The van der Waals surface area contributed by atoms with Crippen LogP contribution in [0.25, 0.3) is 0 Å². The van der Waals surface area contributed by atoms with Crippen LogP contribution in [0.5, 0.6) is 5.88 Å². The van der Waals surface area contributed by atoms with Crippen LogP contribution in [0.2, 0.25) is 0 Å². The molecular formula is C16H11N5O4. The first-order chi connectivity index (χ1) is 12.1. The fourth-order valence-corrected chi connectivity index (χ4v) is 3.35. The lowest BCUT2D eigenvalue weighted by Crippen LogP contribution is -2.43. The normalized spacial score (nSPS) is 20.4. The number of hydrogen-bond acceptors (Lipinski definition) is 7. The summed E-state index contributed by atoms with van der Waals surface area (Å²) in [4.78, 5) is 25.2. The fraction of sp³-hybridized carbons (Fsp3) is 0.125. The predicted molar refractivity (Wildman–Crippen MR) is 83.2 cm³/mol. The maximum absolute atomic E-state index is 13.0. The highest BCUT2D eigenvalue weighted by Crippen LogP contribution is 2.53. The molecule has 2 aromatic rings. The number of esters is 1. The molecule has 124 valence electrons. The van der Waals surface area contributed by atoms with Crippen molar-refractivity contribution in [3.8, 4) is 11.9 Å². The van der Waals surface area contributed by atoms with Crippen LogP contribution in [0.15, 0.2) is 35.7 Å². The number of carbonyl (C=O) groups excluding carboxylic acids is 2. The number of nitriles is 1. The van der Waals surface area contributed by atoms with E-state index in [0.29, 0.717) is 11.3 Å². The van der Waals surface area contributed by atoms with Crippen LogP contribution in [0.4, 0.5) is 5.69 Å². The first-order valence-corrected chi connectivity index (χ1v) is 7.22. The highest BCUT2D eigenvalue weighted by Gasteiger charge is 2.59. The number of aromatic amines is 1. The second-order valence-corrected chi connectivity index (χ2v) is 5.47. The van der Waals surface area contributed by atoms with Gasteiger partial charge in [0.15, 0.2) is 5.69 Å². The maximum Gasteiger partial charge on any atom is 0.356 e. The Labute approximate surface area is 141 Å². The van der Waals surface area contributed by atoms with E-state index in [1.807, 2.05) is 6.07 Å². The van der Waals surface area contributed by atoms with E-state index in [-0.39, 0.29) is 28.6 Å². The number of nitrogens with one attached hydrogen (secondary N) is 2. The third-order valence-electron chi connectivity index (χ3n) is 4.36. The molecule has 2 aliphatic heterocycles. The molecule has 1 aromatic carbocycles. The summed E-state index contributed by atoms with van der Waals surface area (Å²) in [5.74, 6) is -1.57. The number of rotatable bonds is 1. The molecule has 1 spiro atoms. The molecule has 2 aliphatic rings. The number of nitrogens with two attached hydrogens (primary N) is 1. The Morgan fingerprint density at radius 1 is 1.44 bits per heavy atom. The van der Waals surface area contributed by atoms with Crippen molar-refractivity contribution in [2.45, 2.75) is 5.41 Å². The molecule has 4 N–H and O–H groups in total. The first-order valence-electron chi connectivity index (χ1n) is 7.22. The van der Waals surface area contributed by atoms with Crippen LogP contribution in [-0.4, -0.2) is 29.2 Å². The summed E-state index contributed by atoms with van der Waals surface area (Å²) in [5, 5.41) is 18.8. The van der Waals surface area contributed by atoms with Crippen molar-refractivity contribution >= 4 is 17.6 Å². The molecule has 0 fully saturated rings. The van der Waals surface area contributed by atoms with Crippen LogP contribution in [0, 0.1) is 11.3 Å². The summed E-state index contributed by atoms with van der Waals surface area (Å²) < 4.78 is 10.1. The lowest BCUT2D eigenvalue weighted by atomic mass is 9.69. The minimum absolute atomic E-state index is 0.0521. The van der Waals surface area contributed by atoms with Gasteiger partial charge in [-0.25, -0.2) is 4.79 Å². The molecule has 25 heavy (non-hydrogen) atoms. The van der Waals surface area contributed by atoms with Gasteiger partial charge < -0.3 is 20.5 Å². The summed E-state index contributed by atoms with van der Waals surface area (Å²) in [6.45, 7) is 0. The highest BCUT2D eigenvalue weighted by molar-refractivity contribution is 6.14. The van der Waals surface area contributed by atoms with E-state index in [0.717, 1.165) is 0 Å². The number of hydrogen-bond donors (Lipinski definition) is 3. The molecule has 0 saturated carbocycles. The van der Waals surface area contributed by atoms with Gasteiger partial charge in [0.25, 0.3) is 0 Å². The van der Waals surface area contributed by atoms with Crippen molar-refractivity contribution in [2.24, 2.45) is 5.73 Å². The number of fused-ring (bicyclic) bond motifs is 4. The summed E-state index contributed by atoms with van der Waals surface area (Å²) >= 11 is 0. The van der Waals surface area contributed by atoms with Gasteiger partial charge in [-0.05, 0) is 6.07 Å². The zero-order valence-electron chi connectivity index (χ0n) is 12.9. The number of nitrogens with zero attached hydrogens (tertiary/aromatic N) is 2. The number of amides is 1. The van der Waals surface area contributed by atoms with Crippen molar-refractivity contribution in [1.29, 1.82) is 5.26 Å².